The average Bonchev–Trinajstić information content (AvgIpc) is 3.04. The highest BCUT2D eigenvalue weighted by atomic mass is 16.5. The van der Waals surface area contributed by atoms with Crippen LogP contribution in [0.2, 0.25) is 0 Å². The third kappa shape index (κ3) is 4.08. The molecule has 1 rings (SSSR count). The summed E-state index contributed by atoms with van der Waals surface area (Å²) in [4.78, 5) is 24.8. The van der Waals surface area contributed by atoms with Crippen LogP contribution in [0.15, 0.2) is 12.7 Å². The fraction of sp³-hybridized carbons (Fsp3) is 0.765. The molecular formula is C17H28O4. The molecule has 1 aliphatic rings. The molecule has 4 nitrogen and oxygen atoms in total. The van der Waals surface area contributed by atoms with Gasteiger partial charge in [-0.15, -0.1) is 6.58 Å². The van der Waals surface area contributed by atoms with E-state index in [-0.39, 0.29) is 5.92 Å². The van der Waals surface area contributed by atoms with Crippen LogP contribution in [0.4, 0.5) is 0 Å². The Morgan fingerprint density at radius 3 is 2.14 bits per heavy atom. The van der Waals surface area contributed by atoms with Gasteiger partial charge in [0.2, 0.25) is 0 Å². The Bertz CT molecular complexity index is 340. The predicted octanol–water partition coefficient (Wildman–Crippen LogP) is 3.65. The van der Waals surface area contributed by atoms with Gasteiger partial charge in [-0.05, 0) is 38.0 Å². The molecule has 0 spiro atoms. The maximum absolute atomic E-state index is 12.4. The van der Waals surface area contributed by atoms with Gasteiger partial charge < -0.3 is 9.47 Å². The Morgan fingerprint density at radius 2 is 1.67 bits per heavy atom. The molecule has 21 heavy (non-hydrogen) atoms. The zero-order valence-electron chi connectivity index (χ0n) is 13.4. The van der Waals surface area contributed by atoms with Gasteiger partial charge in [-0.1, -0.05) is 31.8 Å². The Hall–Kier alpha value is -1.32. The van der Waals surface area contributed by atoms with Crippen LogP contribution in [0, 0.1) is 11.3 Å². The van der Waals surface area contributed by atoms with Crippen molar-refractivity contribution in [2.75, 3.05) is 14.2 Å². The van der Waals surface area contributed by atoms with Crippen molar-refractivity contribution in [2.24, 2.45) is 11.3 Å². The molecule has 4 heteroatoms. The number of ether oxygens (including phenoxy) is 2. The molecule has 0 aliphatic heterocycles. The fourth-order valence-electron chi connectivity index (χ4n) is 3.48. The molecule has 0 unspecified atom stereocenters. The number of rotatable bonds is 9. The van der Waals surface area contributed by atoms with Crippen molar-refractivity contribution < 1.29 is 19.1 Å². The summed E-state index contributed by atoms with van der Waals surface area (Å²) in [6.07, 6.45) is 10.2. The van der Waals surface area contributed by atoms with Crippen molar-refractivity contribution in [1.82, 2.24) is 0 Å². The quantitative estimate of drug-likeness (QED) is 0.282. The predicted molar refractivity (Wildman–Crippen MR) is 81.7 cm³/mol. The molecule has 0 bridgehead atoms. The normalized spacial score (nSPS) is 15.7. The molecule has 1 fully saturated rings. The molecule has 0 heterocycles. The van der Waals surface area contributed by atoms with Crippen LogP contribution in [-0.2, 0) is 19.1 Å². The summed E-state index contributed by atoms with van der Waals surface area (Å²) in [5.41, 5.74) is -1.10. The second kappa shape index (κ2) is 8.85. The number of hydrogen-bond acceptors (Lipinski definition) is 4. The summed E-state index contributed by atoms with van der Waals surface area (Å²) >= 11 is 0. The van der Waals surface area contributed by atoms with E-state index in [2.05, 4.69) is 6.58 Å². The summed E-state index contributed by atoms with van der Waals surface area (Å²) in [6, 6.07) is 0. The maximum atomic E-state index is 12.4. The van der Waals surface area contributed by atoms with E-state index in [9.17, 15) is 9.59 Å². The summed E-state index contributed by atoms with van der Waals surface area (Å²) < 4.78 is 9.95. The van der Waals surface area contributed by atoms with Crippen molar-refractivity contribution in [3.63, 3.8) is 0 Å². The Balaban J connectivity index is 2.86. The van der Waals surface area contributed by atoms with E-state index in [1.165, 1.54) is 14.2 Å². The first-order valence-electron chi connectivity index (χ1n) is 7.91. The first-order valence-corrected chi connectivity index (χ1v) is 7.91. The molecule has 0 N–H and O–H groups in total. The van der Waals surface area contributed by atoms with E-state index >= 15 is 0 Å². The number of unbranched alkanes of at least 4 members (excludes halogenated alkanes) is 3. The lowest BCUT2D eigenvalue weighted by molar-refractivity contribution is -0.174. The average molecular weight is 296 g/mol. The van der Waals surface area contributed by atoms with E-state index in [1.807, 2.05) is 6.08 Å². The van der Waals surface area contributed by atoms with Gasteiger partial charge in [-0.3, -0.25) is 9.59 Å². The van der Waals surface area contributed by atoms with Crippen LogP contribution in [0.1, 0.15) is 57.8 Å². The van der Waals surface area contributed by atoms with Gasteiger partial charge in [-0.2, -0.15) is 0 Å². The summed E-state index contributed by atoms with van der Waals surface area (Å²) in [5.74, 6) is -0.799. The minimum Gasteiger partial charge on any atom is -0.468 e. The number of methoxy groups -OCH3 is 2. The van der Waals surface area contributed by atoms with Gasteiger partial charge in [0.05, 0.1) is 14.2 Å². The Labute approximate surface area is 127 Å². The molecule has 0 radical (unpaired) electrons. The number of carbonyl (C=O) groups excluding carboxylic acids is 2. The Morgan fingerprint density at radius 1 is 1.10 bits per heavy atom. The highest BCUT2D eigenvalue weighted by molar-refractivity contribution is 6.00. The third-order valence-corrected chi connectivity index (χ3v) is 4.63. The van der Waals surface area contributed by atoms with Crippen molar-refractivity contribution in [3.05, 3.63) is 12.7 Å². The second-order valence-electron chi connectivity index (χ2n) is 5.82. The van der Waals surface area contributed by atoms with Crippen LogP contribution >= 0.6 is 0 Å². The molecule has 1 saturated carbocycles. The van der Waals surface area contributed by atoms with E-state index in [0.717, 1.165) is 51.4 Å². The number of hydrogen-bond donors (Lipinski definition) is 0. The van der Waals surface area contributed by atoms with Crippen molar-refractivity contribution in [3.8, 4) is 0 Å². The van der Waals surface area contributed by atoms with Crippen LogP contribution in [0.3, 0.4) is 0 Å². The van der Waals surface area contributed by atoms with Crippen LogP contribution in [0.5, 0.6) is 0 Å². The molecule has 0 atom stereocenters. The van der Waals surface area contributed by atoms with Gasteiger partial charge >= 0.3 is 11.9 Å². The second-order valence-corrected chi connectivity index (χ2v) is 5.82. The smallest absolute Gasteiger partial charge is 0.323 e. The zero-order chi connectivity index (χ0) is 15.7. The van der Waals surface area contributed by atoms with Crippen LogP contribution < -0.4 is 0 Å². The van der Waals surface area contributed by atoms with Crippen molar-refractivity contribution in [1.29, 1.82) is 0 Å². The summed E-state index contributed by atoms with van der Waals surface area (Å²) in [7, 11) is 2.71. The van der Waals surface area contributed by atoms with Crippen molar-refractivity contribution in [2.45, 2.75) is 57.8 Å². The highest BCUT2D eigenvalue weighted by Gasteiger charge is 2.54. The highest BCUT2D eigenvalue weighted by Crippen LogP contribution is 2.45. The number of esters is 2. The van der Waals surface area contributed by atoms with Crippen molar-refractivity contribution >= 4 is 11.9 Å². The minimum absolute atomic E-state index is 0.0526. The largest absolute Gasteiger partial charge is 0.468 e. The molecule has 120 valence electrons. The van der Waals surface area contributed by atoms with Gasteiger partial charge in [-0.25, -0.2) is 0 Å². The molecule has 0 saturated heterocycles. The first kappa shape index (κ1) is 17.7. The molecular weight excluding hydrogens is 268 g/mol. The molecule has 0 amide bonds. The van der Waals surface area contributed by atoms with Gasteiger partial charge in [0.15, 0.2) is 5.41 Å². The lowest BCUT2D eigenvalue weighted by Gasteiger charge is -2.33. The standard InChI is InChI=1S/C17H28O4/c1-4-5-6-7-10-13-17(15(18)20-2,16(19)21-3)14-11-8-9-12-14/h4,14H,1,5-13H2,2-3H3. The molecule has 0 aromatic heterocycles. The summed E-state index contributed by atoms with van der Waals surface area (Å²) in [5, 5.41) is 0. The van der Waals surface area contributed by atoms with Gasteiger partial charge in [0, 0.05) is 0 Å². The SMILES string of the molecule is C=CCCCCCC(C(=O)OC)(C(=O)OC)C1CCCC1. The topological polar surface area (TPSA) is 52.6 Å². The van der Waals surface area contributed by atoms with Crippen LogP contribution in [-0.4, -0.2) is 26.2 Å². The number of allylic oxidation sites excluding steroid dienone is 1. The third-order valence-electron chi connectivity index (χ3n) is 4.63. The minimum atomic E-state index is -1.10. The molecule has 0 aromatic carbocycles. The molecule has 1 aliphatic carbocycles. The Kier molecular flexibility index (Phi) is 7.48. The number of carbonyl (C=O) groups is 2. The molecule has 0 aromatic rings. The van der Waals surface area contributed by atoms with E-state index in [4.69, 9.17) is 9.47 Å². The fourth-order valence-corrected chi connectivity index (χ4v) is 3.48. The van der Waals surface area contributed by atoms with E-state index < -0.39 is 17.4 Å². The van der Waals surface area contributed by atoms with E-state index in [0.29, 0.717) is 6.42 Å². The zero-order valence-corrected chi connectivity index (χ0v) is 13.4. The lowest BCUT2D eigenvalue weighted by Crippen LogP contribution is -2.46. The summed E-state index contributed by atoms with van der Waals surface area (Å²) in [6.45, 7) is 3.70. The first-order chi connectivity index (χ1) is 10.1. The van der Waals surface area contributed by atoms with E-state index in [1.54, 1.807) is 0 Å². The lowest BCUT2D eigenvalue weighted by atomic mass is 9.70. The maximum Gasteiger partial charge on any atom is 0.323 e. The monoisotopic (exact) mass is 296 g/mol. The van der Waals surface area contributed by atoms with Crippen LogP contribution in [0.25, 0.3) is 0 Å². The van der Waals surface area contributed by atoms with Gasteiger partial charge in [0.25, 0.3) is 0 Å². The van der Waals surface area contributed by atoms with Gasteiger partial charge in [0.1, 0.15) is 0 Å².